The smallest absolute Gasteiger partial charge is 0.300 e. The zero-order chi connectivity index (χ0) is 20.7. The summed E-state index contributed by atoms with van der Waals surface area (Å²) >= 11 is 0. The predicted molar refractivity (Wildman–Crippen MR) is 115 cm³/mol. The first-order chi connectivity index (χ1) is 12.7. The van der Waals surface area contributed by atoms with Gasteiger partial charge in [0.25, 0.3) is 5.97 Å². The average molecular weight is 383 g/mol. The molecule has 0 aliphatic carbocycles. The molecule has 6 heteroatoms. The Morgan fingerprint density at radius 2 is 1.22 bits per heavy atom. The van der Waals surface area contributed by atoms with Crippen LogP contribution >= 0.6 is 0 Å². The van der Waals surface area contributed by atoms with Gasteiger partial charge in [0.2, 0.25) is 0 Å². The lowest BCUT2D eigenvalue weighted by molar-refractivity contribution is -0.134. The maximum absolute atomic E-state index is 9.00. The van der Waals surface area contributed by atoms with Gasteiger partial charge in [0, 0.05) is 19.8 Å². The van der Waals surface area contributed by atoms with Crippen molar-refractivity contribution in [2.45, 2.75) is 117 Å². The number of carboxylic acid groups (broad SMARTS) is 1. The van der Waals surface area contributed by atoms with E-state index in [2.05, 4.69) is 27.7 Å². The lowest BCUT2D eigenvalue weighted by atomic mass is 10.1. The molecule has 6 nitrogen and oxygen atoms in total. The van der Waals surface area contributed by atoms with Crippen LogP contribution < -0.4 is 5.84 Å². The van der Waals surface area contributed by atoms with E-state index in [-0.39, 0.29) is 5.66 Å². The zero-order valence-corrected chi connectivity index (χ0v) is 18.3. The van der Waals surface area contributed by atoms with Crippen LogP contribution in [0.5, 0.6) is 0 Å². The second kappa shape index (κ2) is 14.6. The Bertz CT molecular complexity index is 435. The van der Waals surface area contributed by atoms with E-state index in [1.807, 2.05) is 0 Å². The molecule has 0 radical (unpaired) electrons. The average Bonchev–Trinajstić information content (AvgIpc) is 2.57. The van der Waals surface area contributed by atoms with Crippen LogP contribution in [-0.2, 0) is 4.79 Å². The van der Waals surface area contributed by atoms with Gasteiger partial charge in [-0.25, -0.2) is 15.8 Å². The van der Waals surface area contributed by atoms with Crippen LogP contribution in [0.4, 0.5) is 0 Å². The van der Waals surface area contributed by atoms with Crippen LogP contribution in [0.25, 0.3) is 0 Å². The molecule has 1 aliphatic heterocycles. The minimum Gasteiger partial charge on any atom is -0.481 e. The van der Waals surface area contributed by atoms with E-state index in [1.54, 1.807) is 5.01 Å². The molecule has 1 aliphatic rings. The zero-order valence-electron chi connectivity index (χ0n) is 18.3. The van der Waals surface area contributed by atoms with Gasteiger partial charge in [0.05, 0.1) is 0 Å². The van der Waals surface area contributed by atoms with Gasteiger partial charge in [-0.05, 0) is 26.7 Å². The normalized spacial score (nSPS) is 15.6. The van der Waals surface area contributed by atoms with Gasteiger partial charge in [0.1, 0.15) is 17.3 Å². The molecule has 0 amide bonds. The molecule has 3 N–H and O–H groups in total. The molecule has 1 rings (SSSR count). The SMILES string of the molecule is CC(=O)O.CCCCCCCC1=NC(C)(C)N=C(CCCCCCC)N1N. The number of unbranched alkanes of at least 4 members (excludes halogenated alkanes) is 8. The fourth-order valence-corrected chi connectivity index (χ4v) is 3.04. The van der Waals surface area contributed by atoms with Gasteiger partial charge in [-0.1, -0.05) is 65.2 Å². The third-order valence-corrected chi connectivity index (χ3v) is 4.37. The number of hydrogen-bond acceptors (Lipinski definition) is 5. The summed E-state index contributed by atoms with van der Waals surface area (Å²) in [5.74, 6) is 7.50. The highest BCUT2D eigenvalue weighted by Crippen LogP contribution is 2.22. The molecular weight excluding hydrogens is 340 g/mol. The topological polar surface area (TPSA) is 91.3 Å². The van der Waals surface area contributed by atoms with Crippen LogP contribution in [0, 0.1) is 0 Å². The van der Waals surface area contributed by atoms with E-state index in [9.17, 15) is 0 Å². The van der Waals surface area contributed by atoms with Crippen LogP contribution in [0.3, 0.4) is 0 Å². The minimum absolute atomic E-state index is 0.354. The van der Waals surface area contributed by atoms with E-state index in [0.29, 0.717) is 0 Å². The fourth-order valence-electron chi connectivity index (χ4n) is 3.04. The highest BCUT2D eigenvalue weighted by molar-refractivity contribution is 6.01. The lowest BCUT2D eigenvalue weighted by Gasteiger charge is -2.32. The van der Waals surface area contributed by atoms with Gasteiger partial charge in [0.15, 0.2) is 0 Å². The summed E-state index contributed by atoms with van der Waals surface area (Å²) in [6, 6.07) is 0. The van der Waals surface area contributed by atoms with Crippen LogP contribution in [-0.4, -0.2) is 33.4 Å². The molecule has 0 unspecified atom stereocenters. The fraction of sp³-hybridized carbons (Fsp3) is 0.857. The van der Waals surface area contributed by atoms with Gasteiger partial charge in [-0.15, -0.1) is 0 Å². The van der Waals surface area contributed by atoms with Crippen LogP contribution in [0.15, 0.2) is 9.98 Å². The Balaban J connectivity index is 0.00000153. The van der Waals surface area contributed by atoms with Crippen molar-refractivity contribution in [2.24, 2.45) is 15.8 Å². The molecule has 27 heavy (non-hydrogen) atoms. The Kier molecular flexibility index (Phi) is 13.8. The summed E-state index contributed by atoms with van der Waals surface area (Å²) in [6.07, 6.45) is 14.7. The maximum Gasteiger partial charge on any atom is 0.300 e. The van der Waals surface area contributed by atoms with E-state index >= 15 is 0 Å². The van der Waals surface area contributed by atoms with Crippen LogP contribution in [0.1, 0.15) is 112 Å². The van der Waals surface area contributed by atoms with Crippen LogP contribution in [0.2, 0.25) is 0 Å². The van der Waals surface area contributed by atoms with Crippen molar-refractivity contribution in [3.63, 3.8) is 0 Å². The second-order valence-corrected chi connectivity index (χ2v) is 7.77. The molecule has 0 saturated heterocycles. The number of nitrogens with two attached hydrogens (primary N) is 1. The number of carboxylic acids is 1. The monoisotopic (exact) mass is 382 g/mol. The molecule has 0 bridgehead atoms. The first-order valence-corrected chi connectivity index (χ1v) is 10.6. The first-order valence-electron chi connectivity index (χ1n) is 10.6. The predicted octanol–water partition coefficient (Wildman–Crippen LogP) is 5.52. The Morgan fingerprint density at radius 3 is 1.56 bits per heavy atom. The summed E-state index contributed by atoms with van der Waals surface area (Å²) in [6.45, 7) is 9.74. The number of aliphatic imine (C=N–C) groups is 2. The standard InChI is InChI=1S/C19H38N4.C2H4O2/c1-5-7-9-11-13-15-17-21-19(3,4)22-18(23(17)20)16-14-12-10-8-6-2;1-2(3)4/h5-16,20H2,1-4H3;1H3,(H,3,4). The van der Waals surface area contributed by atoms with Gasteiger partial charge in [-0.3, -0.25) is 9.80 Å². The molecule has 158 valence electrons. The number of hydrogen-bond donors (Lipinski definition) is 2. The van der Waals surface area contributed by atoms with Crippen molar-refractivity contribution in [3.8, 4) is 0 Å². The molecule has 0 atom stereocenters. The number of rotatable bonds is 12. The molecule has 0 saturated carbocycles. The minimum atomic E-state index is -0.833. The summed E-state index contributed by atoms with van der Waals surface area (Å²) in [5.41, 5.74) is -0.354. The highest BCUT2D eigenvalue weighted by atomic mass is 16.4. The molecule has 0 aromatic rings. The number of amidine groups is 2. The summed E-state index contributed by atoms with van der Waals surface area (Å²) in [5, 5.41) is 9.19. The van der Waals surface area contributed by atoms with Gasteiger partial charge >= 0.3 is 0 Å². The number of carbonyl (C=O) groups is 1. The third kappa shape index (κ3) is 13.4. The summed E-state index contributed by atoms with van der Waals surface area (Å²) in [7, 11) is 0. The Morgan fingerprint density at radius 1 is 0.889 bits per heavy atom. The second-order valence-electron chi connectivity index (χ2n) is 7.77. The summed E-state index contributed by atoms with van der Waals surface area (Å²) < 4.78 is 0. The number of nitrogens with zero attached hydrogens (tertiary/aromatic N) is 3. The maximum atomic E-state index is 9.00. The first kappa shape index (κ1) is 25.6. The number of hydrazine groups is 1. The molecular formula is C21H42N4O2. The van der Waals surface area contributed by atoms with Crippen molar-refractivity contribution >= 4 is 17.6 Å². The molecule has 0 fully saturated rings. The van der Waals surface area contributed by atoms with Gasteiger partial charge < -0.3 is 5.11 Å². The summed E-state index contributed by atoms with van der Waals surface area (Å²) in [4.78, 5) is 18.5. The van der Waals surface area contributed by atoms with E-state index in [4.69, 9.17) is 25.7 Å². The number of aliphatic carboxylic acids is 1. The van der Waals surface area contributed by atoms with Crippen molar-refractivity contribution in [1.82, 2.24) is 5.01 Å². The molecule has 1 heterocycles. The molecule has 0 aromatic carbocycles. The van der Waals surface area contributed by atoms with Crippen molar-refractivity contribution < 1.29 is 9.90 Å². The van der Waals surface area contributed by atoms with E-state index in [1.165, 1.54) is 64.2 Å². The van der Waals surface area contributed by atoms with E-state index in [0.717, 1.165) is 31.4 Å². The Hall–Kier alpha value is -1.43. The van der Waals surface area contributed by atoms with Crippen molar-refractivity contribution in [1.29, 1.82) is 0 Å². The van der Waals surface area contributed by atoms with Crippen molar-refractivity contribution in [2.75, 3.05) is 0 Å². The molecule has 0 spiro atoms. The Labute approximate surface area is 166 Å². The third-order valence-electron chi connectivity index (χ3n) is 4.37. The van der Waals surface area contributed by atoms with Crippen molar-refractivity contribution in [3.05, 3.63) is 0 Å². The quantitative estimate of drug-likeness (QED) is 0.343. The lowest BCUT2D eigenvalue weighted by Crippen LogP contribution is -2.47. The van der Waals surface area contributed by atoms with Gasteiger partial charge in [-0.2, -0.15) is 0 Å². The highest BCUT2D eigenvalue weighted by Gasteiger charge is 2.26. The van der Waals surface area contributed by atoms with E-state index < -0.39 is 5.97 Å². The molecule has 0 aromatic heterocycles. The largest absolute Gasteiger partial charge is 0.481 e.